The third-order valence-electron chi connectivity index (χ3n) is 7.79. The first-order valence-corrected chi connectivity index (χ1v) is 18.5. The van der Waals surface area contributed by atoms with E-state index in [9.17, 15) is 0 Å². The van der Waals surface area contributed by atoms with Crippen LogP contribution < -0.4 is 43.1 Å². The Kier molecular flexibility index (Phi) is 29.4. The third-order valence-corrected chi connectivity index (χ3v) is 8.98. The van der Waals surface area contributed by atoms with Crippen molar-refractivity contribution in [1.82, 2.24) is 15.0 Å². The van der Waals surface area contributed by atoms with Crippen LogP contribution in [0.3, 0.4) is 0 Å². The molecule has 0 aliphatic heterocycles. The van der Waals surface area contributed by atoms with Crippen molar-refractivity contribution in [3.05, 3.63) is 34.9 Å². The molecule has 0 unspecified atom stereocenters. The molecule has 0 aliphatic rings. The van der Waals surface area contributed by atoms with Crippen molar-refractivity contribution in [2.45, 2.75) is 167 Å². The van der Waals surface area contributed by atoms with Crippen LogP contribution in [0, 0.1) is 0 Å². The number of thioether (sulfide) groups is 1. The van der Waals surface area contributed by atoms with Crippen molar-refractivity contribution >= 4 is 35.0 Å². The van der Waals surface area contributed by atoms with Crippen molar-refractivity contribution in [2.24, 2.45) is 0 Å². The van der Waals surface area contributed by atoms with Crippen LogP contribution in [0.2, 0.25) is 10.6 Å². The largest absolute Gasteiger partial charge is 1.00 e. The minimum absolute atomic E-state index is 0. The van der Waals surface area contributed by atoms with Crippen molar-refractivity contribution in [2.75, 3.05) is 5.75 Å². The highest BCUT2D eigenvalue weighted by Gasteiger charge is 2.17. The van der Waals surface area contributed by atoms with Gasteiger partial charge in [0.05, 0.1) is 0 Å². The van der Waals surface area contributed by atoms with E-state index in [0.717, 1.165) is 25.3 Å². The predicted octanol–water partition coefficient (Wildman–Crippen LogP) is 3.94. The highest BCUT2D eigenvalue weighted by atomic mass is 79.9. The third kappa shape index (κ3) is 22.2. The summed E-state index contributed by atoms with van der Waals surface area (Å²) in [5.41, 5.74) is 1.37. The Morgan fingerprint density at radius 1 is 0.581 bits per heavy atom. The zero-order valence-corrected chi connectivity index (χ0v) is 32.4. The smallest absolute Gasteiger partial charge is 0.246 e. The summed E-state index contributed by atoms with van der Waals surface area (Å²) in [4.78, 5) is 12.3. The zero-order chi connectivity index (χ0) is 29.4. The average Bonchev–Trinajstić information content (AvgIpc) is 2.95. The number of aryl methyl sites for hydroxylation is 3. The van der Waals surface area contributed by atoms with Crippen molar-refractivity contribution in [1.29, 1.82) is 0 Å². The fourth-order valence-corrected chi connectivity index (χ4v) is 6.57. The van der Waals surface area contributed by atoms with Crippen molar-refractivity contribution in [3.8, 4) is 0 Å². The van der Waals surface area contributed by atoms with Gasteiger partial charge >= 0.3 is 0 Å². The summed E-state index contributed by atoms with van der Waals surface area (Å²) in [6, 6.07) is 0. The van der Waals surface area contributed by atoms with E-state index < -0.39 is 0 Å². The minimum atomic E-state index is 0. The fourth-order valence-electron chi connectivity index (χ4n) is 5.31. The molecule has 2 heterocycles. The van der Waals surface area contributed by atoms with Gasteiger partial charge in [0, 0.05) is 25.0 Å². The number of aromatic nitrogens is 5. The van der Waals surface area contributed by atoms with E-state index >= 15 is 0 Å². The van der Waals surface area contributed by atoms with Gasteiger partial charge in [-0.25, -0.2) is 0 Å². The van der Waals surface area contributed by atoms with Gasteiger partial charge < -0.3 is 34.0 Å². The van der Waals surface area contributed by atoms with Gasteiger partial charge in [-0.3, -0.25) is 0 Å². The van der Waals surface area contributed by atoms with E-state index in [0.29, 0.717) is 5.16 Å². The van der Waals surface area contributed by atoms with E-state index in [-0.39, 0.29) is 44.5 Å². The number of nitrogens with zero attached hydrogens (tertiary/aromatic N) is 5. The van der Waals surface area contributed by atoms with E-state index in [2.05, 4.69) is 56.5 Å². The van der Waals surface area contributed by atoms with Crippen LogP contribution >= 0.6 is 35.0 Å². The molecule has 0 N–H and O–H groups in total. The normalized spacial score (nSPS) is 10.9. The van der Waals surface area contributed by atoms with Gasteiger partial charge in [0.15, 0.2) is 5.16 Å². The molecular weight excluding hydrogens is 729 g/mol. The molecule has 0 spiro atoms. The lowest BCUT2D eigenvalue weighted by Gasteiger charge is -2.05. The molecule has 248 valence electrons. The molecule has 2 aromatic heterocycles. The summed E-state index contributed by atoms with van der Waals surface area (Å²) in [5.74, 6) is 0.872. The lowest BCUT2D eigenvalue weighted by Crippen LogP contribution is -3.00. The number of unbranched alkanes of at least 4 members (excludes halogenated alkanes) is 18. The van der Waals surface area contributed by atoms with Crippen LogP contribution in [0.5, 0.6) is 0 Å². The van der Waals surface area contributed by atoms with E-state index in [1.165, 1.54) is 134 Å². The van der Waals surface area contributed by atoms with Gasteiger partial charge in [0.1, 0.15) is 13.1 Å². The molecule has 0 saturated carbocycles. The second kappa shape index (κ2) is 29.4. The molecular formula is C33H57Br2Cl2N5S. The first-order chi connectivity index (χ1) is 20.1. The lowest BCUT2D eigenvalue weighted by molar-refractivity contribution is -0.755. The van der Waals surface area contributed by atoms with Gasteiger partial charge in [0.2, 0.25) is 34.9 Å². The molecule has 10 heteroatoms. The standard InChI is InChI=1S/C33H57Cl2N5S.2BrH/c1-3-5-7-9-11-13-15-17-19-21-24-39-26-27-40(25-22-20-18-16-14-12-10-8-6-4-2)30(29-39)23-28-41-33-37-31(34)36-32(35)38-33;;/h26-27,29H,3-25,28H2,1-2H3;2*1H/q+2;;/p-2. The van der Waals surface area contributed by atoms with Gasteiger partial charge in [-0.2, -0.15) is 24.1 Å². The first-order valence-electron chi connectivity index (χ1n) is 16.7. The molecule has 0 amide bonds. The topological polar surface area (TPSA) is 46.4 Å². The lowest BCUT2D eigenvalue weighted by atomic mass is 10.1. The Labute approximate surface area is 298 Å². The second-order valence-corrected chi connectivity index (χ2v) is 13.2. The molecule has 5 nitrogen and oxygen atoms in total. The van der Waals surface area contributed by atoms with Crippen LogP contribution in [-0.4, -0.2) is 20.7 Å². The van der Waals surface area contributed by atoms with Crippen LogP contribution in [0.4, 0.5) is 0 Å². The molecule has 0 atom stereocenters. The van der Waals surface area contributed by atoms with Crippen molar-refractivity contribution in [3.63, 3.8) is 0 Å². The van der Waals surface area contributed by atoms with Gasteiger partial charge in [-0.1, -0.05) is 128 Å². The van der Waals surface area contributed by atoms with Crippen LogP contribution in [-0.2, 0) is 19.5 Å². The molecule has 0 fully saturated rings. The van der Waals surface area contributed by atoms with E-state index in [1.54, 1.807) is 11.8 Å². The summed E-state index contributed by atoms with van der Waals surface area (Å²) in [6.07, 6.45) is 35.2. The Balaban J connectivity index is 0.00000882. The Morgan fingerprint density at radius 3 is 1.51 bits per heavy atom. The highest BCUT2D eigenvalue weighted by molar-refractivity contribution is 7.99. The molecule has 2 aromatic rings. The van der Waals surface area contributed by atoms with Crippen LogP contribution in [0.25, 0.3) is 0 Å². The number of hydrogen-bond donors (Lipinski definition) is 0. The SMILES string of the molecule is CCCCCCCCCCCC[n+]1cc[n+](CCCCCCCCCCCC)c(CCSc2nc(Cl)nc(Cl)n2)c1.[Br-].[Br-]. The molecule has 0 bridgehead atoms. The molecule has 2 rings (SSSR count). The zero-order valence-electron chi connectivity index (χ0n) is 26.9. The fraction of sp³-hybridized carbons (Fsp3) is 0.788. The van der Waals surface area contributed by atoms with E-state index in [1.807, 2.05) is 0 Å². The summed E-state index contributed by atoms with van der Waals surface area (Å²) in [7, 11) is 0. The van der Waals surface area contributed by atoms with Crippen LogP contribution in [0.1, 0.15) is 148 Å². The van der Waals surface area contributed by atoms with Crippen molar-refractivity contribution < 1.29 is 43.1 Å². The van der Waals surface area contributed by atoms with Gasteiger partial charge in [-0.15, -0.1) is 0 Å². The second-order valence-electron chi connectivity index (χ2n) is 11.5. The predicted molar refractivity (Wildman–Crippen MR) is 175 cm³/mol. The Morgan fingerprint density at radius 2 is 1.02 bits per heavy atom. The van der Waals surface area contributed by atoms with E-state index in [4.69, 9.17) is 23.2 Å². The Bertz CT molecular complexity index is 922. The molecule has 0 aromatic carbocycles. The number of halogens is 4. The highest BCUT2D eigenvalue weighted by Crippen LogP contribution is 2.18. The molecule has 0 radical (unpaired) electrons. The summed E-state index contributed by atoms with van der Waals surface area (Å²) in [6.45, 7) is 6.75. The van der Waals surface area contributed by atoms with Gasteiger partial charge in [0.25, 0.3) is 0 Å². The maximum Gasteiger partial charge on any atom is 0.246 e. The minimum Gasteiger partial charge on any atom is -1.00 e. The number of rotatable bonds is 26. The molecule has 0 aliphatic carbocycles. The monoisotopic (exact) mass is 783 g/mol. The summed E-state index contributed by atoms with van der Waals surface area (Å²) in [5, 5.41) is 0.889. The first kappa shape index (κ1) is 43.0. The van der Waals surface area contributed by atoms with Gasteiger partial charge in [-0.05, 0) is 36.0 Å². The summed E-state index contributed by atoms with van der Waals surface area (Å²) < 4.78 is 4.84. The maximum atomic E-state index is 5.97. The average molecular weight is 787 g/mol. The quantitative estimate of drug-likeness (QED) is 0.0825. The van der Waals surface area contributed by atoms with Crippen LogP contribution in [0.15, 0.2) is 23.7 Å². The Hall–Kier alpha value is -0.0200. The molecule has 43 heavy (non-hydrogen) atoms. The summed E-state index contributed by atoms with van der Waals surface area (Å²) >= 11 is 13.5. The maximum absolute atomic E-state index is 5.97. The number of hydrogen-bond acceptors (Lipinski definition) is 4. The molecule has 0 saturated heterocycles.